The highest BCUT2D eigenvalue weighted by molar-refractivity contribution is 7.89. The number of hydrogen-bond acceptors (Lipinski definition) is 4. The fourth-order valence-electron chi connectivity index (χ4n) is 3.15. The summed E-state index contributed by atoms with van der Waals surface area (Å²) < 4.78 is 32.7. The molecule has 0 unspecified atom stereocenters. The number of sulfonamides is 1. The number of ether oxygens (including phenoxy) is 1. The van der Waals surface area contributed by atoms with Gasteiger partial charge in [0, 0.05) is 13.5 Å². The van der Waals surface area contributed by atoms with Gasteiger partial charge in [-0.3, -0.25) is 4.79 Å². The van der Waals surface area contributed by atoms with Crippen LogP contribution in [0.4, 0.5) is 0 Å². The van der Waals surface area contributed by atoms with E-state index < -0.39 is 15.6 Å². The Morgan fingerprint density at radius 2 is 1.78 bits per heavy atom. The van der Waals surface area contributed by atoms with Crippen LogP contribution in [-0.2, 0) is 14.8 Å². The summed E-state index contributed by atoms with van der Waals surface area (Å²) in [6.07, 6.45) is 2.36. The van der Waals surface area contributed by atoms with Crippen molar-refractivity contribution in [3.05, 3.63) is 23.3 Å². The predicted molar refractivity (Wildman–Crippen MR) is 89.3 cm³/mol. The third-order valence-electron chi connectivity index (χ3n) is 4.61. The van der Waals surface area contributed by atoms with Gasteiger partial charge in [0.2, 0.25) is 10.0 Å². The second-order valence-corrected chi connectivity index (χ2v) is 8.17. The van der Waals surface area contributed by atoms with Gasteiger partial charge in [-0.2, -0.15) is 4.31 Å². The Kier molecular flexibility index (Phi) is 4.87. The number of aryl methyl sites for hydroxylation is 2. The summed E-state index contributed by atoms with van der Waals surface area (Å²) in [6, 6.07) is 3.42. The number of benzene rings is 1. The first-order chi connectivity index (χ1) is 10.7. The minimum Gasteiger partial charge on any atom is -0.497 e. The number of ketones is 1. The predicted octanol–water partition coefficient (Wildman–Crippen LogP) is 2.83. The van der Waals surface area contributed by atoms with Gasteiger partial charge in [0.1, 0.15) is 5.75 Å². The minimum absolute atomic E-state index is 0.0230. The summed E-state index contributed by atoms with van der Waals surface area (Å²) in [6.45, 7) is 5.44. The third-order valence-corrected chi connectivity index (χ3v) is 6.84. The fraction of sp³-hybridized carbons (Fsp3) is 0.588. The van der Waals surface area contributed by atoms with Crippen LogP contribution in [0.3, 0.4) is 0 Å². The molecule has 0 spiro atoms. The molecule has 1 saturated carbocycles. The molecule has 2 rings (SSSR count). The molecule has 0 radical (unpaired) electrons. The summed E-state index contributed by atoms with van der Waals surface area (Å²) in [5.74, 6) is 0.652. The topological polar surface area (TPSA) is 63.7 Å². The number of hydrogen-bond donors (Lipinski definition) is 0. The van der Waals surface area contributed by atoms with Gasteiger partial charge in [0.05, 0.1) is 17.5 Å². The van der Waals surface area contributed by atoms with Crippen LogP contribution in [-0.4, -0.2) is 38.2 Å². The van der Waals surface area contributed by atoms with Crippen molar-refractivity contribution in [2.75, 3.05) is 14.2 Å². The molecule has 5 nitrogen and oxygen atoms in total. The zero-order chi connectivity index (χ0) is 17.4. The molecule has 1 aromatic rings. The molecule has 128 valence electrons. The zero-order valence-electron chi connectivity index (χ0n) is 14.5. The van der Waals surface area contributed by atoms with E-state index in [1.54, 1.807) is 33.1 Å². The number of Topliss-reactive ketones (excluding diaryl/α,β-unsaturated/α-hetero) is 1. The Balaban J connectivity index is 2.45. The van der Waals surface area contributed by atoms with Crippen molar-refractivity contribution in [2.45, 2.75) is 56.9 Å². The number of rotatable bonds is 7. The molecule has 0 saturated heterocycles. The van der Waals surface area contributed by atoms with Crippen molar-refractivity contribution in [1.82, 2.24) is 4.31 Å². The smallest absolute Gasteiger partial charge is 0.244 e. The van der Waals surface area contributed by atoms with Crippen LogP contribution in [0.5, 0.6) is 5.75 Å². The van der Waals surface area contributed by atoms with Crippen molar-refractivity contribution in [1.29, 1.82) is 0 Å². The quantitative estimate of drug-likeness (QED) is 0.766. The SMILES string of the molecule is CCCC(=O)C1(N(C)S(=O)(=O)c2c(C)cc(OC)cc2C)CC1. The first kappa shape index (κ1) is 17.9. The average molecular weight is 339 g/mol. The highest BCUT2D eigenvalue weighted by atomic mass is 32.2. The molecule has 1 fully saturated rings. The maximum absolute atomic E-state index is 13.1. The van der Waals surface area contributed by atoms with Gasteiger partial charge in [-0.1, -0.05) is 6.92 Å². The Morgan fingerprint density at radius 3 is 2.17 bits per heavy atom. The first-order valence-electron chi connectivity index (χ1n) is 7.88. The molecule has 0 aromatic heterocycles. The summed E-state index contributed by atoms with van der Waals surface area (Å²) in [5, 5.41) is 0. The Morgan fingerprint density at radius 1 is 1.26 bits per heavy atom. The van der Waals surface area contributed by atoms with Crippen molar-refractivity contribution >= 4 is 15.8 Å². The minimum atomic E-state index is -3.73. The van der Waals surface area contributed by atoms with Gasteiger partial charge < -0.3 is 4.74 Å². The molecule has 1 aliphatic carbocycles. The van der Waals surface area contributed by atoms with Crippen LogP contribution in [0.25, 0.3) is 0 Å². The number of likely N-dealkylation sites (N-methyl/N-ethyl adjacent to an activating group) is 1. The number of nitrogens with zero attached hydrogens (tertiary/aromatic N) is 1. The summed E-state index contributed by atoms with van der Waals surface area (Å²) in [4.78, 5) is 12.7. The van der Waals surface area contributed by atoms with E-state index in [0.717, 1.165) is 6.42 Å². The molecule has 0 N–H and O–H groups in total. The largest absolute Gasteiger partial charge is 0.497 e. The van der Waals surface area contributed by atoms with E-state index in [-0.39, 0.29) is 10.7 Å². The molecule has 0 atom stereocenters. The van der Waals surface area contributed by atoms with Crippen LogP contribution in [0.2, 0.25) is 0 Å². The molecule has 1 aromatic carbocycles. The van der Waals surface area contributed by atoms with E-state index >= 15 is 0 Å². The van der Waals surface area contributed by atoms with Crippen LogP contribution in [0.15, 0.2) is 17.0 Å². The number of carbonyl (C=O) groups is 1. The fourth-order valence-corrected chi connectivity index (χ4v) is 5.10. The van der Waals surface area contributed by atoms with Crippen molar-refractivity contribution in [2.24, 2.45) is 0 Å². The summed E-state index contributed by atoms with van der Waals surface area (Å²) in [5.41, 5.74) is 0.424. The monoisotopic (exact) mass is 339 g/mol. The summed E-state index contributed by atoms with van der Waals surface area (Å²) >= 11 is 0. The average Bonchev–Trinajstić information content (AvgIpc) is 3.27. The lowest BCUT2D eigenvalue weighted by molar-refractivity contribution is -0.123. The lowest BCUT2D eigenvalue weighted by Crippen LogP contribution is -2.44. The van der Waals surface area contributed by atoms with Gasteiger partial charge in [-0.15, -0.1) is 0 Å². The molecule has 0 aliphatic heterocycles. The first-order valence-corrected chi connectivity index (χ1v) is 9.32. The lowest BCUT2D eigenvalue weighted by atomic mass is 10.1. The van der Waals surface area contributed by atoms with Crippen molar-refractivity contribution in [3.8, 4) is 5.75 Å². The van der Waals surface area contributed by atoms with Gasteiger partial charge in [-0.05, 0) is 56.4 Å². The van der Waals surface area contributed by atoms with Gasteiger partial charge in [-0.25, -0.2) is 8.42 Å². The van der Waals surface area contributed by atoms with Gasteiger partial charge in [0.25, 0.3) is 0 Å². The van der Waals surface area contributed by atoms with E-state index in [9.17, 15) is 13.2 Å². The van der Waals surface area contributed by atoms with Crippen LogP contribution in [0, 0.1) is 13.8 Å². The summed E-state index contributed by atoms with van der Waals surface area (Å²) in [7, 11) is -0.647. The molecule has 0 amide bonds. The standard InChI is InChI=1S/C17H25NO4S/c1-6-7-15(19)17(8-9-17)18(4)23(20,21)16-12(2)10-14(22-5)11-13(16)3/h10-11H,6-9H2,1-5H3. The molecule has 0 heterocycles. The maximum Gasteiger partial charge on any atom is 0.244 e. The molecule has 0 bridgehead atoms. The van der Waals surface area contributed by atoms with E-state index in [4.69, 9.17) is 4.74 Å². The number of methoxy groups -OCH3 is 1. The Labute approximate surface area is 138 Å². The van der Waals surface area contributed by atoms with E-state index in [1.807, 2.05) is 6.92 Å². The Bertz CT molecular complexity index is 697. The van der Waals surface area contributed by atoms with Gasteiger partial charge >= 0.3 is 0 Å². The highest BCUT2D eigenvalue weighted by Crippen LogP contribution is 2.46. The van der Waals surface area contributed by atoms with Gasteiger partial charge in [0.15, 0.2) is 5.78 Å². The molecule has 6 heteroatoms. The lowest BCUT2D eigenvalue weighted by Gasteiger charge is -2.27. The highest BCUT2D eigenvalue weighted by Gasteiger charge is 2.56. The normalized spacial score (nSPS) is 16.4. The zero-order valence-corrected chi connectivity index (χ0v) is 15.3. The third kappa shape index (κ3) is 3.02. The van der Waals surface area contributed by atoms with E-state index in [1.165, 1.54) is 11.4 Å². The maximum atomic E-state index is 13.1. The molecular formula is C17H25NO4S. The number of carbonyl (C=O) groups excluding carboxylic acids is 1. The second-order valence-electron chi connectivity index (χ2n) is 6.27. The van der Waals surface area contributed by atoms with Crippen molar-refractivity contribution in [3.63, 3.8) is 0 Å². The van der Waals surface area contributed by atoms with Crippen LogP contribution >= 0.6 is 0 Å². The molecule has 1 aliphatic rings. The Hall–Kier alpha value is -1.40. The van der Waals surface area contributed by atoms with E-state index in [0.29, 0.717) is 36.1 Å². The van der Waals surface area contributed by atoms with Crippen LogP contribution in [0.1, 0.15) is 43.7 Å². The van der Waals surface area contributed by atoms with Crippen molar-refractivity contribution < 1.29 is 17.9 Å². The molecule has 23 heavy (non-hydrogen) atoms. The molecular weight excluding hydrogens is 314 g/mol. The second kappa shape index (κ2) is 6.24. The van der Waals surface area contributed by atoms with E-state index in [2.05, 4.69) is 0 Å². The van der Waals surface area contributed by atoms with Crippen LogP contribution < -0.4 is 4.74 Å².